The lowest BCUT2D eigenvalue weighted by Gasteiger charge is -2.08. The lowest BCUT2D eigenvalue weighted by molar-refractivity contribution is -0.115. The number of thiophene rings is 1. The van der Waals surface area contributed by atoms with Crippen molar-refractivity contribution in [3.63, 3.8) is 0 Å². The summed E-state index contributed by atoms with van der Waals surface area (Å²) in [5.41, 5.74) is 1.88. The number of rotatable bonds is 6. The zero-order valence-corrected chi connectivity index (χ0v) is 14.3. The second-order valence-electron chi connectivity index (χ2n) is 5.39. The molecule has 3 rings (SSSR count). The molecule has 1 aromatic carbocycles. The van der Waals surface area contributed by atoms with E-state index >= 15 is 0 Å². The average molecular weight is 351 g/mol. The fourth-order valence-corrected chi connectivity index (χ4v) is 2.99. The van der Waals surface area contributed by atoms with Gasteiger partial charge >= 0.3 is 0 Å². The van der Waals surface area contributed by atoms with Gasteiger partial charge in [0.2, 0.25) is 5.91 Å². The molecule has 0 aliphatic rings. The van der Waals surface area contributed by atoms with Crippen LogP contribution in [0, 0.1) is 0 Å². The summed E-state index contributed by atoms with van der Waals surface area (Å²) in [6, 6.07) is 16.3. The molecule has 0 aliphatic heterocycles. The first kappa shape index (κ1) is 16.9. The molecule has 0 saturated carbocycles. The summed E-state index contributed by atoms with van der Waals surface area (Å²) in [7, 11) is 0. The third kappa shape index (κ3) is 4.99. The largest absolute Gasteiger partial charge is 0.346 e. The van der Waals surface area contributed by atoms with E-state index < -0.39 is 0 Å². The molecule has 2 N–H and O–H groups in total. The van der Waals surface area contributed by atoms with Crippen LogP contribution in [-0.2, 0) is 17.8 Å². The number of benzene rings is 1. The van der Waals surface area contributed by atoms with E-state index in [4.69, 9.17) is 0 Å². The summed E-state index contributed by atoms with van der Waals surface area (Å²) < 4.78 is 0. The van der Waals surface area contributed by atoms with Crippen molar-refractivity contribution in [2.75, 3.05) is 5.32 Å². The van der Waals surface area contributed by atoms with Crippen molar-refractivity contribution in [3.8, 4) is 0 Å². The monoisotopic (exact) mass is 351 g/mol. The Labute approximate surface area is 149 Å². The molecule has 0 bridgehead atoms. The molecule has 2 heterocycles. The van der Waals surface area contributed by atoms with Crippen LogP contribution in [0.2, 0.25) is 0 Å². The van der Waals surface area contributed by atoms with E-state index in [1.54, 1.807) is 41.8 Å². The summed E-state index contributed by atoms with van der Waals surface area (Å²) in [5, 5.41) is 7.58. The Balaban J connectivity index is 1.58. The highest BCUT2D eigenvalue weighted by molar-refractivity contribution is 7.10. The van der Waals surface area contributed by atoms with E-state index in [0.717, 1.165) is 10.6 Å². The van der Waals surface area contributed by atoms with E-state index in [1.807, 2.05) is 35.7 Å². The molecule has 25 heavy (non-hydrogen) atoms. The van der Waals surface area contributed by atoms with Crippen LogP contribution in [0.4, 0.5) is 5.69 Å². The van der Waals surface area contributed by atoms with Crippen LogP contribution >= 0.6 is 11.3 Å². The van der Waals surface area contributed by atoms with Gasteiger partial charge in [-0.1, -0.05) is 18.2 Å². The molecule has 3 aromatic rings. The predicted octanol–water partition coefficient (Wildman–Crippen LogP) is 3.25. The Morgan fingerprint density at radius 3 is 2.72 bits per heavy atom. The van der Waals surface area contributed by atoms with Gasteiger partial charge in [0.1, 0.15) is 0 Å². The van der Waals surface area contributed by atoms with Crippen LogP contribution in [0.15, 0.2) is 66.2 Å². The number of carbonyl (C=O) groups is 2. The first-order valence-electron chi connectivity index (χ1n) is 7.81. The van der Waals surface area contributed by atoms with Crippen molar-refractivity contribution in [1.82, 2.24) is 10.3 Å². The highest BCUT2D eigenvalue weighted by atomic mass is 32.1. The van der Waals surface area contributed by atoms with Crippen molar-refractivity contribution in [3.05, 3.63) is 82.3 Å². The molecule has 0 aliphatic carbocycles. The van der Waals surface area contributed by atoms with Gasteiger partial charge in [0, 0.05) is 22.3 Å². The Bertz CT molecular complexity index is 848. The maximum atomic E-state index is 12.3. The highest BCUT2D eigenvalue weighted by Crippen LogP contribution is 2.13. The number of pyridine rings is 1. The van der Waals surface area contributed by atoms with Crippen molar-refractivity contribution < 1.29 is 9.59 Å². The molecule has 2 amide bonds. The molecule has 0 fully saturated rings. The summed E-state index contributed by atoms with van der Waals surface area (Å²) in [6.07, 6.45) is 2.01. The second-order valence-corrected chi connectivity index (χ2v) is 6.42. The number of carbonyl (C=O) groups excluding carboxylic acids is 2. The molecule has 0 spiro atoms. The van der Waals surface area contributed by atoms with Gasteiger partial charge in [0.05, 0.1) is 18.7 Å². The molecule has 0 unspecified atom stereocenters. The zero-order chi connectivity index (χ0) is 17.5. The number of anilines is 1. The van der Waals surface area contributed by atoms with Gasteiger partial charge in [-0.25, -0.2) is 0 Å². The van der Waals surface area contributed by atoms with E-state index in [2.05, 4.69) is 15.6 Å². The van der Waals surface area contributed by atoms with Crippen LogP contribution in [0.25, 0.3) is 0 Å². The fourth-order valence-electron chi connectivity index (χ4n) is 2.29. The normalized spacial score (nSPS) is 10.2. The van der Waals surface area contributed by atoms with E-state index in [1.165, 1.54) is 0 Å². The lowest BCUT2D eigenvalue weighted by atomic mass is 10.2. The minimum Gasteiger partial charge on any atom is -0.346 e. The summed E-state index contributed by atoms with van der Waals surface area (Å²) >= 11 is 1.54. The van der Waals surface area contributed by atoms with Gasteiger partial charge in [-0.3, -0.25) is 14.6 Å². The maximum Gasteiger partial charge on any atom is 0.251 e. The highest BCUT2D eigenvalue weighted by Gasteiger charge is 2.09. The minimum absolute atomic E-state index is 0.103. The Hall–Kier alpha value is -2.99. The molecular formula is C19H17N3O2S. The van der Waals surface area contributed by atoms with Crippen molar-refractivity contribution in [2.24, 2.45) is 0 Å². The topological polar surface area (TPSA) is 71.1 Å². The average Bonchev–Trinajstić information content (AvgIpc) is 3.13. The summed E-state index contributed by atoms with van der Waals surface area (Å²) in [5.74, 6) is -0.312. The van der Waals surface area contributed by atoms with Gasteiger partial charge in [0.15, 0.2) is 0 Å². The Morgan fingerprint density at radius 1 is 1.04 bits per heavy atom. The quantitative estimate of drug-likeness (QED) is 0.716. The fraction of sp³-hybridized carbons (Fsp3) is 0.105. The Kier molecular flexibility index (Phi) is 5.53. The minimum atomic E-state index is -0.208. The van der Waals surface area contributed by atoms with Crippen molar-refractivity contribution >= 4 is 28.8 Å². The predicted molar refractivity (Wildman–Crippen MR) is 98.5 cm³/mol. The zero-order valence-electron chi connectivity index (χ0n) is 13.4. The molecule has 6 heteroatoms. The lowest BCUT2D eigenvalue weighted by Crippen LogP contribution is -2.23. The van der Waals surface area contributed by atoms with Gasteiger partial charge in [-0.05, 0) is 41.8 Å². The smallest absolute Gasteiger partial charge is 0.251 e. The van der Waals surface area contributed by atoms with E-state index in [9.17, 15) is 9.59 Å². The van der Waals surface area contributed by atoms with Crippen LogP contribution in [0.3, 0.4) is 0 Å². The van der Waals surface area contributed by atoms with Gasteiger partial charge in [0.25, 0.3) is 5.91 Å². The summed E-state index contributed by atoms with van der Waals surface area (Å²) in [4.78, 5) is 29.5. The number of nitrogens with one attached hydrogen (secondary N) is 2. The second kappa shape index (κ2) is 8.21. The molecule has 0 atom stereocenters. The number of nitrogens with zero attached hydrogens (tertiary/aromatic N) is 1. The molecule has 0 saturated heterocycles. The summed E-state index contributed by atoms with van der Waals surface area (Å²) in [6.45, 7) is 0.356. The van der Waals surface area contributed by atoms with Crippen LogP contribution < -0.4 is 10.6 Å². The SMILES string of the molecule is O=C(Cc1cccs1)Nc1cccc(C(=O)NCc2ccccn2)c1. The maximum absolute atomic E-state index is 12.3. The molecule has 5 nitrogen and oxygen atoms in total. The van der Waals surface area contributed by atoms with Crippen molar-refractivity contribution in [1.29, 1.82) is 0 Å². The standard InChI is InChI=1S/C19H17N3O2S/c23-18(12-17-8-4-10-25-17)22-15-7-3-5-14(11-15)19(24)21-13-16-6-1-2-9-20-16/h1-11H,12-13H2,(H,21,24)(H,22,23). The molecular weight excluding hydrogens is 334 g/mol. The van der Waals surface area contributed by atoms with Gasteiger partial charge < -0.3 is 10.6 Å². The molecule has 2 aromatic heterocycles. The Morgan fingerprint density at radius 2 is 1.96 bits per heavy atom. The third-order valence-corrected chi connectivity index (χ3v) is 4.36. The number of hydrogen-bond donors (Lipinski definition) is 2. The third-order valence-electron chi connectivity index (χ3n) is 3.48. The number of amides is 2. The van der Waals surface area contributed by atoms with Crippen LogP contribution in [0.5, 0.6) is 0 Å². The molecule has 126 valence electrons. The number of aromatic nitrogens is 1. The first-order valence-corrected chi connectivity index (χ1v) is 8.69. The molecule has 0 radical (unpaired) electrons. The number of hydrogen-bond acceptors (Lipinski definition) is 4. The van der Waals surface area contributed by atoms with Gasteiger partial charge in [-0.15, -0.1) is 11.3 Å². The van der Waals surface area contributed by atoms with Crippen LogP contribution in [-0.4, -0.2) is 16.8 Å². The van der Waals surface area contributed by atoms with E-state index in [-0.39, 0.29) is 11.8 Å². The van der Waals surface area contributed by atoms with E-state index in [0.29, 0.717) is 24.2 Å². The first-order chi connectivity index (χ1) is 12.2. The van der Waals surface area contributed by atoms with Crippen LogP contribution in [0.1, 0.15) is 20.9 Å². The van der Waals surface area contributed by atoms with Gasteiger partial charge in [-0.2, -0.15) is 0 Å². The van der Waals surface area contributed by atoms with Crippen molar-refractivity contribution in [2.45, 2.75) is 13.0 Å².